The minimum Gasteiger partial charge on any atom is -0.490 e. The standard InChI is InChI=1S/C25H29N5O7/c1-6-35-20-13-17(14-21(36-7-2)23(20)37-8-3)24(31)27-26-15(4)22-16(5)28-29(25(22)32)18-9-11-19(12-10-18)30(33)34/h9-14,28H,6-8H2,1-5H3,(H,27,31). The van der Waals surface area contributed by atoms with E-state index in [-0.39, 0.29) is 22.5 Å². The van der Waals surface area contributed by atoms with Crippen LogP contribution in [-0.2, 0) is 0 Å². The number of hydrazone groups is 1. The molecule has 37 heavy (non-hydrogen) atoms. The lowest BCUT2D eigenvalue weighted by Gasteiger charge is -2.16. The second-order valence-corrected chi connectivity index (χ2v) is 7.76. The van der Waals surface area contributed by atoms with Gasteiger partial charge in [-0.3, -0.25) is 24.8 Å². The molecule has 1 amide bonds. The summed E-state index contributed by atoms with van der Waals surface area (Å²) in [5.74, 6) is 0.618. The van der Waals surface area contributed by atoms with E-state index in [0.29, 0.717) is 48.5 Å². The van der Waals surface area contributed by atoms with Gasteiger partial charge in [0.25, 0.3) is 17.2 Å². The molecule has 0 bridgehead atoms. The number of carbonyl (C=O) groups is 1. The average Bonchev–Trinajstić information content (AvgIpc) is 3.18. The Morgan fingerprint density at radius 1 is 1.05 bits per heavy atom. The van der Waals surface area contributed by atoms with E-state index in [1.165, 1.54) is 28.9 Å². The van der Waals surface area contributed by atoms with Crippen LogP contribution in [0.15, 0.2) is 46.3 Å². The highest BCUT2D eigenvalue weighted by Crippen LogP contribution is 2.39. The first kappa shape index (κ1) is 27.0. The third-order valence-corrected chi connectivity index (χ3v) is 5.25. The smallest absolute Gasteiger partial charge is 0.280 e. The van der Waals surface area contributed by atoms with Crippen molar-refractivity contribution in [2.45, 2.75) is 34.6 Å². The summed E-state index contributed by atoms with van der Waals surface area (Å²) in [6, 6.07) is 8.63. The monoisotopic (exact) mass is 511 g/mol. The molecular formula is C25H29N5O7. The second-order valence-electron chi connectivity index (χ2n) is 7.76. The number of nitro benzene ring substituents is 1. The Morgan fingerprint density at radius 2 is 1.62 bits per heavy atom. The molecule has 0 saturated carbocycles. The Hall–Kier alpha value is -4.61. The van der Waals surface area contributed by atoms with Crippen molar-refractivity contribution in [3.05, 3.63) is 73.7 Å². The van der Waals surface area contributed by atoms with Crippen LogP contribution < -0.4 is 25.2 Å². The van der Waals surface area contributed by atoms with Crippen LogP contribution in [0.3, 0.4) is 0 Å². The molecule has 0 fully saturated rings. The van der Waals surface area contributed by atoms with Crippen molar-refractivity contribution in [3.8, 4) is 22.9 Å². The predicted molar refractivity (Wildman–Crippen MR) is 137 cm³/mol. The number of aromatic amines is 1. The number of nitrogens with zero attached hydrogens (tertiary/aromatic N) is 3. The Labute approximate surface area is 213 Å². The molecule has 12 nitrogen and oxygen atoms in total. The van der Waals surface area contributed by atoms with Gasteiger partial charge < -0.3 is 14.2 Å². The van der Waals surface area contributed by atoms with E-state index in [0.717, 1.165) is 0 Å². The summed E-state index contributed by atoms with van der Waals surface area (Å²) in [6.45, 7) is 9.87. The van der Waals surface area contributed by atoms with E-state index in [9.17, 15) is 19.7 Å². The van der Waals surface area contributed by atoms with Crippen LogP contribution in [0.1, 0.15) is 49.3 Å². The Bertz CT molecular complexity index is 1350. The van der Waals surface area contributed by atoms with E-state index in [1.807, 2.05) is 20.8 Å². The van der Waals surface area contributed by atoms with Crippen molar-refractivity contribution in [3.63, 3.8) is 0 Å². The van der Waals surface area contributed by atoms with Gasteiger partial charge in [-0.1, -0.05) is 0 Å². The van der Waals surface area contributed by atoms with Crippen LogP contribution in [0.2, 0.25) is 0 Å². The largest absolute Gasteiger partial charge is 0.490 e. The molecule has 2 N–H and O–H groups in total. The third kappa shape index (κ3) is 5.97. The molecule has 0 saturated heterocycles. The van der Waals surface area contributed by atoms with Crippen LogP contribution in [0.5, 0.6) is 17.2 Å². The fourth-order valence-corrected chi connectivity index (χ4v) is 3.65. The summed E-state index contributed by atoms with van der Waals surface area (Å²) in [6.07, 6.45) is 0. The first-order valence-electron chi connectivity index (χ1n) is 11.7. The first-order valence-corrected chi connectivity index (χ1v) is 11.7. The van der Waals surface area contributed by atoms with Gasteiger partial charge in [0.2, 0.25) is 5.75 Å². The lowest BCUT2D eigenvalue weighted by Crippen LogP contribution is -2.23. The Morgan fingerprint density at radius 3 is 2.14 bits per heavy atom. The molecule has 0 radical (unpaired) electrons. The number of nitrogens with one attached hydrogen (secondary N) is 2. The van der Waals surface area contributed by atoms with Gasteiger partial charge in [0.05, 0.1) is 41.7 Å². The summed E-state index contributed by atoms with van der Waals surface area (Å²) in [7, 11) is 0. The normalized spacial score (nSPS) is 11.2. The summed E-state index contributed by atoms with van der Waals surface area (Å²) in [5.41, 5.74) is 3.67. The maximum atomic E-state index is 13.1. The molecule has 1 heterocycles. The molecule has 3 aromatic rings. The number of ether oxygens (including phenoxy) is 3. The topological polar surface area (TPSA) is 150 Å². The lowest BCUT2D eigenvalue weighted by atomic mass is 10.1. The van der Waals surface area contributed by atoms with E-state index in [4.69, 9.17) is 14.2 Å². The zero-order valence-corrected chi connectivity index (χ0v) is 21.3. The molecule has 0 aliphatic carbocycles. The summed E-state index contributed by atoms with van der Waals surface area (Å²) in [5, 5.41) is 18.0. The van der Waals surface area contributed by atoms with Crippen LogP contribution in [0.25, 0.3) is 5.69 Å². The van der Waals surface area contributed by atoms with Crippen LogP contribution in [0, 0.1) is 17.0 Å². The van der Waals surface area contributed by atoms with Gasteiger partial charge in [-0.05, 0) is 58.9 Å². The maximum absolute atomic E-state index is 13.1. The van der Waals surface area contributed by atoms with E-state index >= 15 is 0 Å². The number of amides is 1. The van der Waals surface area contributed by atoms with Crippen LogP contribution >= 0.6 is 0 Å². The van der Waals surface area contributed by atoms with Crippen molar-refractivity contribution < 1.29 is 23.9 Å². The molecule has 2 aromatic carbocycles. The van der Waals surface area contributed by atoms with Crippen LogP contribution in [0.4, 0.5) is 5.69 Å². The molecule has 0 unspecified atom stereocenters. The number of aryl methyl sites for hydroxylation is 1. The number of non-ortho nitro benzene ring substituents is 1. The Balaban J connectivity index is 1.89. The van der Waals surface area contributed by atoms with Gasteiger partial charge in [0, 0.05) is 23.4 Å². The van der Waals surface area contributed by atoms with Gasteiger partial charge >= 0.3 is 0 Å². The SMILES string of the molecule is CCOc1cc(C(=O)NN=C(C)c2c(C)[nH]n(-c3ccc([N+](=O)[O-])cc3)c2=O)cc(OCC)c1OCC. The average molecular weight is 512 g/mol. The van der Waals surface area contributed by atoms with E-state index < -0.39 is 16.4 Å². The first-order chi connectivity index (χ1) is 17.7. The summed E-state index contributed by atoms with van der Waals surface area (Å²) >= 11 is 0. The molecule has 196 valence electrons. The van der Waals surface area contributed by atoms with Gasteiger partial charge in [-0.15, -0.1) is 0 Å². The van der Waals surface area contributed by atoms with E-state index in [2.05, 4.69) is 15.6 Å². The van der Waals surface area contributed by atoms with Gasteiger partial charge in [0.15, 0.2) is 11.5 Å². The predicted octanol–water partition coefficient (Wildman–Crippen LogP) is 3.73. The molecule has 12 heteroatoms. The molecule has 0 aliphatic rings. The number of nitro groups is 1. The minimum absolute atomic E-state index is 0.0879. The number of benzene rings is 2. The number of hydrogen-bond acceptors (Lipinski definition) is 8. The molecular weight excluding hydrogens is 482 g/mol. The lowest BCUT2D eigenvalue weighted by molar-refractivity contribution is -0.384. The second kappa shape index (κ2) is 11.9. The third-order valence-electron chi connectivity index (χ3n) is 5.25. The number of rotatable bonds is 11. The number of H-pyrrole nitrogens is 1. The van der Waals surface area contributed by atoms with Crippen molar-refractivity contribution in [2.75, 3.05) is 19.8 Å². The maximum Gasteiger partial charge on any atom is 0.280 e. The van der Waals surface area contributed by atoms with Crippen molar-refractivity contribution >= 4 is 17.3 Å². The van der Waals surface area contributed by atoms with Gasteiger partial charge in [-0.2, -0.15) is 5.10 Å². The molecule has 1 aromatic heterocycles. The van der Waals surface area contributed by atoms with Crippen LogP contribution in [-0.4, -0.2) is 46.1 Å². The zero-order chi connectivity index (χ0) is 27.1. The molecule has 0 atom stereocenters. The number of hydrogen-bond donors (Lipinski definition) is 2. The summed E-state index contributed by atoms with van der Waals surface area (Å²) < 4.78 is 18.2. The Kier molecular flexibility index (Phi) is 8.67. The molecule has 0 spiro atoms. The zero-order valence-electron chi connectivity index (χ0n) is 21.3. The van der Waals surface area contributed by atoms with Gasteiger partial charge in [-0.25, -0.2) is 10.1 Å². The summed E-state index contributed by atoms with van der Waals surface area (Å²) in [4.78, 5) is 36.4. The quantitative estimate of drug-likeness (QED) is 0.226. The fraction of sp³-hybridized carbons (Fsp3) is 0.320. The van der Waals surface area contributed by atoms with Gasteiger partial charge in [0.1, 0.15) is 0 Å². The highest BCUT2D eigenvalue weighted by molar-refractivity contribution is 6.01. The number of carbonyl (C=O) groups excluding carboxylic acids is 1. The molecule has 3 rings (SSSR count). The van der Waals surface area contributed by atoms with Crippen molar-refractivity contribution in [1.82, 2.24) is 15.2 Å². The highest BCUT2D eigenvalue weighted by atomic mass is 16.6. The van der Waals surface area contributed by atoms with Crippen molar-refractivity contribution in [1.29, 1.82) is 0 Å². The van der Waals surface area contributed by atoms with Crippen molar-refractivity contribution in [2.24, 2.45) is 5.10 Å². The van der Waals surface area contributed by atoms with E-state index in [1.54, 1.807) is 26.0 Å². The molecule has 0 aliphatic heterocycles. The number of aromatic nitrogens is 2. The fourth-order valence-electron chi connectivity index (χ4n) is 3.65. The highest BCUT2D eigenvalue weighted by Gasteiger charge is 2.20. The minimum atomic E-state index is -0.534.